The van der Waals surface area contributed by atoms with Gasteiger partial charge in [0.25, 0.3) is 11.6 Å². The van der Waals surface area contributed by atoms with E-state index >= 15 is 0 Å². The van der Waals surface area contributed by atoms with Crippen molar-refractivity contribution in [3.63, 3.8) is 0 Å². The molecule has 0 fully saturated rings. The van der Waals surface area contributed by atoms with Gasteiger partial charge < -0.3 is 10.2 Å². The van der Waals surface area contributed by atoms with Crippen LogP contribution in [0.2, 0.25) is 0 Å². The van der Waals surface area contributed by atoms with Crippen molar-refractivity contribution in [2.75, 3.05) is 5.73 Å². The van der Waals surface area contributed by atoms with Crippen LogP contribution in [0.5, 0.6) is 0 Å². The molecule has 0 atom stereocenters. The molecular formula is C10H8N2O2. The second-order valence-corrected chi connectivity index (χ2v) is 2.76. The Hall–Kier alpha value is -2.10. The Bertz CT molecular complexity index is 491. The van der Waals surface area contributed by atoms with Gasteiger partial charge in [0.15, 0.2) is 0 Å². The van der Waals surface area contributed by atoms with Gasteiger partial charge in [-0.05, 0) is 0 Å². The van der Waals surface area contributed by atoms with Crippen LogP contribution in [-0.2, 0) is 0 Å². The molecule has 0 spiro atoms. The van der Waals surface area contributed by atoms with Crippen molar-refractivity contribution in [3.8, 4) is 11.3 Å². The maximum atomic E-state index is 11.0. The molecule has 1 heterocycles. The van der Waals surface area contributed by atoms with E-state index in [-0.39, 0.29) is 6.01 Å². The molecule has 4 heteroatoms. The lowest BCUT2D eigenvalue weighted by atomic mass is 10.2. The second-order valence-electron chi connectivity index (χ2n) is 2.76. The Balaban J connectivity index is 2.58. The van der Waals surface area contributed by atoms with Gasteiger partial charge in [-0.25, -0.2) is 0 Å². The third-order valence-electron chi connectivity index (χ3n) is 1.75. The Morgan fingerprint density at radius 2 is 1.93 bits per heavy atom. The van der Waals surface area contributed by atoms with Crippen LogP contribution in [-0.4, -0.2) is 4.98 Å². The van der Waals surface area contributed by atoms with Crippen LogP contribution in [0.3, 0.4) is 0 Å². The number of nitrogens with two attached hydrogens (primary N) is 1. The van der Waals surface area contributed by atoms with Gasteiger partial charge in [0.2, 0.25) is 0 Å². The molecule has 2 aromatic rings. The van der Waals surface area contributed by atoms with Crippen LogP contribution in [0.4, 0.5) is 6.01 Å². The molecule has 0 aliphatic rings. The van der Waals surface area contributed by atoms with E-state index in [1.165, 1.54) is 6.07 Å². The molecule has 0 aliphatic carbocycles. The van der Waals surface area contributed by atoms with Gasteiger partial charge in [0, 0.05) is 11.6 Å². The van der Waals surface area contributed by atoms with E-state index in [9.17, 15) is 4.79 Å². The van der Waals surface area contributed by atoms with Crippen molar-refractivity contribution in [1.82, 2.24) is 4.98 Å². The summed E-state index contributed by atoms with van der Waals surface area (Å²) in [5.41, 5.74) is 5.73. The molecule has 0 saturated carbocycles. The van der Waals surface area contributed by atoms with E-state index in [2.05, 4.69) is 4.98 Å². The topological polar surface area (TPSA) is 69.1 Å². The van der Waals surface area contributed by atoms with Gasteiger partial charge >= 0.3 is 0 Å². The van der Waals surface area contributed by atoms with Crippen LogP contribution in [0, 0.1) is 0 Å². The molecule has 0 bridgehead atoms. The Morgan fingerprint density at radius 1 is 1.21 bits per heavy atom. The van der Waals surface area contributed by atoms with Crippen LogP contribution in [0.15, 0.2) is 45.6 Å². The number of nitrogens with zero attached hydrogens (tertiary/aromatic N) is 1. The molecule has 1 aromatic carbocycles. The summed E-state index contributed by atoms with van der Waals surface area (Å²) >= 11 is 0. The standard InChI is InChI=1S/C10H8N2O2/c11-10-12-9(13)6-8(14-10)7-4-2-1-3-5-7/h1-6H,(H2,11,12,13). The first kappa shape index (κ1) is 8.50. The van der Waals surface area contributed by atoms with Crippen LogP contribution >= 0.6 is 0 Å². The SMILES string of the molecule is Nc1nc(=O)cc(-c2ccccc2)o1. The first-order valence-electron chi connectivity index (χ1n) is 4.09. The molecule has 0 aliphatic heterocycles. The summed E-state index contributed by atoms with van der Waals surface area (Å²) in [6.07, 6.45) is 0. The zero-order valence-corrected chi connectivity index (χ0v) is 7.31. The van der Waals surface area contributed by atoms with E-state index < -0.39 is 5.56 Å². The molecule has 2 N–H and O–H groups in total. The van der Waals surface area contributed by atoms with Gasteiger partial charge in [0.1, 0.15) is 5.76 Å². The quantitative estimate of drug-likeness (QED) is 0.731. The minimum absolute atomic E-state index is 0.114. The Labute approximate surface area is 80.0 Å². The van der Waals surface area contributed by atoms with Gasteiger partial charge in [0.05, 0.1) is 0 Å². The lowest BCUT2D eigenvalue weighted by Crippen LogP contribution is -2.07. The molecule has 0 radical (unpaired) electrons. The van der Waals surface area contributed by atoms with Crippen molar-refractivity contribution in [2.24, 2.45) is 0 Å². The molecule has 2 rings (SSSR count). The summed E-state index contributed by atoms with van der Waals surface area (Å²) in [7, 11) is 0. The van der Waals surface area contributed by atoms with E-state index in [1.54, 1.807) is 0 Å². The summed E-state index contributed by atoms with van der Waals surface area (Å²) < 4.78 is 5.11. The Morgan fingerprint density at radius 3 is 2.57 bits per heavy atom. The third kappa shape index (κ3) is 1.64. The van der Waals surface area contributed by atoms with Gasteiger partial charge in [-0.3, -0.25) is 4.79 Å². The predicted molar refractivity (Wildman–Crippen MR) is 52.6 cm³/mol. The molecule has 0 unspecified atom stereocenters. The Kier molecular flexibility index (Phi) is 2.02. The number of benzene rings is 1. The molecule has 70 valence electrons. The lowest BCUT2D eigenvalue weighted by molar-refractivity contribution is 0.564. The van der Waals surface area contributed by atoms with E-state index in [1.807, 2.05) is 30.3 Å². The molecule has 0 amide bonds. The number of anilines is 1. The fourth-order valence-corrected chi connectivity index (χ4v) is 1.16. The molecule has 4 nitrogen and oxygen atoms in total. The number of aromatic nitrogens is 1. The van der Waals surface area contributed by atoms with Crippen molar-refractivity contribution < 1.29 is 4.42 Å². The first-order valence-corrected chi connectivity index (χ1v) is 4.09. The zero-order valence-electron chi connectivity index (χ0n) is 7.31. The highest BCUT2D eigenvalue weighted by Crippen LogP contribution is 2.17. The van der Waals surface area contributed by atoms with Crippen LogP contribution in [0.1, 0.15) is 0 Å². The summed E-state index contributed by atoms with van der Waals surface area (Å²) in [5, 5.41) is 0. The summed E-state index contributed by atoms with van der Waals surface area (Å²) in [6, 6.07) is 10.4. The normalized spacial score (nSPS) is 10.0. The largest absolute Gasteiger partial charge is 0.425 e. The van der Waals surface area contributed by atoms with Crippen molar-refractivity contribution in [3.05, 3.63) is 46.8 Å². The average molecular weight is 188 g/mol. The lowest BCUT2D eigenvalue weighted by Gasteiger charge is -1.99. The van der Waals surface area contributed by atoms with Gasteiger partial charge in [-0.15, -0.1) is 0 Å². The monoisotopic (exact) mass is 188 g/mol. The van der Waals surface area contributed by atoms with E-state index in [0.29, 0.717) is 5.76 Å². The number of hydrogen-bond donors (Lipinski definition) is 1. The van der Waals surface area contributed by atoms with Crippen molar-refractivity contribution in [1.29, 1.82) is 0 Å². The minimum Gasteiger partial charge on any atom is -0.425 e. The maximum absolute atomic E-state index is 11.0. The number of hydrogen-bond acceptors (Lipinski definition) is 4. The zero-order chi connectivity index (χ0) is 9.97. The first-order chi connectivity index (χ1) is 6.75. The van der Waals surface area contributed by atoms with E-state index in [0.717, 1.165) is 5.56 Å². The average Bonchev–Trinajstić information content (AvgIpc) is 2.18. The van der Waals surface area contributed by atoms with Gasteiger partial charge in [-0.2, -0.15) is 4.98 Å². The van der Waals surface area contributed by atoms with Crippen LogP contribution < -0.4 is 11.3 Å². The second kappa shape index (κ2) is 3.33. The van der Waals surface area contributed by atoms with Crippen molar-refractivity contribution >= 4 is 6.01 Å². The molecule has 0 saturated heterocycles. The van der Waals surface area contributed by atoms with Gasteiger partial charge in [-0.1, -0.05) is 30.3 Å². The molecule has 14 heavy (non-hydrogen) atoms. The summed E-state index contributed by atoms with van der Waals surface area (Å²) in [4.78, 5) is 14.4. The van der Waals surface area contributed by atoms with Crippen molar-refractivity contribution in [2.45, 2.75) is 0 Å². The number of rotatable bonds is 1. The highest BCUT2D eigenvalue weighted by Gasteiger charge is 2.02. The molecular weight excluding hydrogens is 180 g/mol. The highest BCUT2D eigenvalue weighted by atomic mass is 16.4. The summed E-state index contributed by atoms with van der Waals surface area (Å²) in [5.74, 6) is 0.433. The predicted octanol–water partition coefficient (Wildman–Crippen LogP) is 1.28. The molecule has 1 aromatic heterocycles. The van der Waals surface area contributed by atoms with E-state index in [4.69, 9.17) is 10.2 Å². The fourth-order valence-electron chi connectivity index (χ4n) is 1.16. The van der Waals surface area contributed by atoms with Crippen LogP contribution in [0.25, 0.3) is 11.3 Å². The number of nitrogen functional groups attached to an aromatic ring is 1. The highest BCUT2D eigenvalue weighted by molar-refractivity contribution is 5.56. The maximum Gasteiger partial charge on any atom is 0.295 e. The fraction of sp³-hybridized carbons (Fsp3) is 0. The third-order valence-corrected chi connectivity index (χ3v) is 1.75. The smallest absolute Gasteiger partial charge is 0.295 e. The summed E-state index contributed by atoms with van der Waals surface area (Å²) in [6.45, 7) is 0. The minimum atomic E-state index is -0.396.